The Balaban J connectivity index is 1.47. The third-order valence-corrected chi connectivity index (χ3v) is 6.40. The minimum absolute atomic E-state index is 0.0152. The number of carbonyl (C=O) groups is 2. The predicted molar refractivity (Wildman–Crippen MR) is 115 cm³/mol. The molecule has 9 heteroatoms. The largest absolute Gasteiger partial charge is 0.357 e. The third-order valence-electron chi connectivity index (χ3n) is 4.93. The van der Waals surface area contributed by atoms with Gasteiger partial charge in [-0.15, -0.1) is 0 Å². The lowest BCUT2D eigenvalue weighted by molar-refractivity contribution is -0.116. The number of sulfonamides is 1. The van der Waals surface area contributed by atoms with Crippen LogP contribution in [0.3, 0.4) is 0 Å². The number of rotatable bonds is 8. The Morgan fingerprint density at radius 2 is 1.73 bits per heavy atom. The van der Waals surface area contributed by atoms with Crippen molar-refractivity contribution >= 4 is 33.2 Å². The average molecular weight is 431 g/mol. The van der Waals surface area contributed by atoms with Crippen LogP contribution in [0.15, 0.2) is 47.5 Å². The van der Waals surface area contributed by atoms with Crippen LogP contribution in [0, 0.1) is 0 Å². The minimum Gasteiger partial charge on any atom is -0.357 e. The summed E-state index contributed by atoms with van der Waals surface area (Å²) in [5.74, 6) is 0.454. The van der Waals surface area contributed by atoms with Crippen LogP contribution < -0.4 is 14.9 Å². The lowest BCUT2D eigenvalue weighted by atomic mass is 10.1. The van der Waals surface area contributed by atoms with Crippen molar-refractivity contribution in [3.05, 3.63) is 48.2 Å². The molecule has 2 aromatic rings. The summed E-state index contributed by atoms with van der Waals surface area (Å²) in [5.41, 5.74) is 1.01. The molecule has 1 fully saturated rings. The summed E-state index contributed by atoms with van der Waals surface area (Å²) < 4.78 is 27.0. The second-order valence-corrected chi connectivity index (χ2v) is 9.00. The van der Waals surface area contributed by atoms with Gasteiger partial charge in [0.05, 0.1) is 16.8 Å². The highest BCUT2D eigenvalue weighted by Gasteiger charge is 2.15. The number of Topliss-reactive ketones (excluding diaryl/α,β-unsaturated/α-hetero) is 1. The highest BCUT2D eigenvalue weighted by Crippen LogP contribution is 2.19. The quantitative estimate of drug-likeness (QED) is 0.623. The zero-order valence-corrected chi connectivity index (χ0v) is 17.7. The molecule has 1 aromatic carbocycles. The molecule has 2 N–H and O–H groups in total. The molecule has 0 bridgehead atoms. The SMILES string of the molecule is CC(=O)c1ccc(S(=O)(=O)NCCC(=O)Nc2ccc(N3CCCCC3)nc2)cc1. The number of hydrogen-bond donors (Lipinski definition) is 2. The van der Waals surface area contributed by atoms with E-state index < -0.39 is 10.0 Å². The lowest BCUT2D eigenvalue weighted by Crippen LogP contribution is -2.30. The number of ketones is 1. The van der Waals surface area contributed by atoms with E-state index in [4.69, 9.17) is 0 Å². The first kappa shape index (κ1) is 21.9. The maximum Gasteiger partial charge on any atom is 0.240 e. The van der Waals surface area contributed by atoms with Gasteiger partial charge < -0.3 is 10.2 Å². The summed E-state index contributed by atoms with van der Waals surface area (Å²) in [4.78, 5) is 30.1. The van der Waals surface area contributed by atoms with Crippen molar-refractivity contribution in [3.8, 4) is 0 Å². The van der Waals surface area contributed by atoms with E-state index in [2.05, 4.69) is 19.9 Å². The van der Waals surface area contributed by atoms with E-state index in [0.717, 1.165) is 31.7 Å². The van der Waals surface area contributed by atoms with Crippen molar-refractivity contribution in [2.45, 2.75) is 37.5 Å². The van der Waals surface area contributed by atoms with Gasteiger partial charge in [0, 0.05) is 31.6 Å². The molecule has 0 atom stereocenters. The van der Waals surface area contributed by atoms with Gasteiger partial charge in [0.2, 0.25) is 15.9 Å². The zero-order valence-electron chi connectivity index (χ0n) is 16.9. The van der Waals surface area contributed by atoms with Crippen LogP contribution in [0.5, 0.6) is 0 Å². The predicted octanol–water partition coefficient (Wildman–Crippen LogP) is 2.58. The van der Waals surface area contributed by atoms with Gasteiger partial charge in [-0.05, 0) is 50.5 Å². The Morgan fingerprint density at radius 1 is 1.03 bits per heavy atom. The molecule has 0 aliphatic carbocycles. The van der Waals surface area contributed by atoms with E-state index >= 15 is 0 Å². The molecule has 0 saturated carbocycles. The molecule has 160 valence electrons. The molecule has 1 aliphatic heterocycles. The van der Waals surface area contributed by atoms with Crippen molar-refractivity contribution in [2.75, 3.05) is 29.9 Å². The van der Waals surface area contributed by atoms with Crippen LogP contribution in [0.1, 0.15) is 43.0 Å². The van der Waals surface area contributed by atoms with E-state index in [1.54, 1.807) is 12.3 Å². The van der Waals surface area contributed by atoms with Gasteiger partial charge in [0.25, 0.3) is 0 Å². The number of hydrogen-bond acceptors (Lipinski definition) is 6. The number of aromatic nitrogens is 1. The number of amides is 1. The van der Waals surface area contributed by atoms with Gasteiger partial charge >= 0.3 is 0 Å². The summed E-state index contributed by atoms with van der Waals surface area (Å²) in [6.07, 6.45) is 5.17. The summed E-state index contributed by atoms with van der Waals surface area (Å²) in [5, 5.41) is 2.73. The lowest BCUT2D eigenvalue weighted by Gasteiger charge is -2.27. The Labute approximate surface area is 176 Å². The second-order valence-electron chi connectivity index (χ2n) is 7.23. The van der Waals surface area contributed by atoms with E-state index in [0.29, 0.717) is 11.3 Å². The van der Waals surface area contributed by atoms with Crippen molar-refractivity contribution in [2.24, 2.45) is 0 Å². The fourth-order valence-corrected chi connectivity index (χ4v) is 4.28. The monoisotopic (exact) mass is 430 g/mol. The molecule has 1 aromatic heterocycles. The maximum absolute atomic E-state index is 12.3. The number of piperidine rings is 1. The highest BCUT2D eigenvalue weighted by molar-refractivity contribution is 7.89. The van der Waals surface area contributed by atoms with Crippen LogP contribution in [0.2, 0.25) is 0 Å². The smallest absolute Gasteiger partial charge is 0.240 e. The Hall–Kier alpha value is -2.78. The highest BCUT2D eigenvalue weighted by atomic mass is 32.2. The summed E-state index contributed by atoms with van der Waals surface area (Å²) >= 11 is 0. The van der Waals surface area contributed by atoms with Gasteiger partial charge in [0.1, 0.15) is 5.82 Å². The Morgan fingerprint density at radius 3 is 2.33 bits per heavy atom. The van der Waals surface area contributed by atoms with Crippen LogP contribution >= 0.6 is 0 Å². The van der Waals surface area contributed by atoms with E-state index in [1.807, 2.05) is 6.07 Å². The molecular formula is C21H26N4O4S. The number of benzene rings is 1. The molecule has 0 radical (unpaired) electrons. The van der Waals surface area contributed by atoms with Crippen molar-refractivity contribution in [1.82, 2.24) is 9.71 Å². The van der Waals surface area contributed by atoms with Crippen molar-refractivity contribution in [3.63, 3.8) is 0 Å². The Bertz CT molecular complexity index is 983. The van der Waals surface area contributed by atoms with Gasteiger partial charge in [-0.3, -0.25) is 9.59 Å². The van der Waals surface area contributed by atoms with Crippen molar-refractivity contribution in [1.29, 1.82) is 0 Å². The Kier molecular flexibility index (Phi) is 7.17. The van der Waals surface area contributed by atoms with Gasteiger partial charge in [0.15, 0.2) is 5.78 Å². The first-order valence-electron chi connectivity index (χ1n) is 9.97. The minimum atomic E-state index is -3.75. The van der Waals surface area contributed by atoms with Crippen molar-refractivity contribution < 1.29 is 18.0 Å². The fourth-order valence-electron chi connectivity index (χ4n) is 3.24. The van der Waals surface area contributed by atoms with Gasteiger partial charge in [-0.25, -0.2) is 18.1 Å². The number of pyridine rings is 1. The molecule has 1 aliphatic rings. The molecule has 2 heterocycles. The molecule has 0 unspecified atom stereocenters. The maximum atomic E-state index is 12.3. The van der Waals surface area contributed by atoms with Crippen LogP contribution in [0.25, 0.3) is 0 Å². The van der Waals surface area contributed by atoms with Crippen LogP contribution in [-0.4, -0.2) is 44.7 Å². The number of carbonyl (C=O) groups excluding carboxylic acids is 2. The van der Waals surface area contributed by atoms with Crippen LogP contribution in [-0.2, 0) is 14.8 Å². The molecular weight excluding hydrogens is 404 g/mol. The van der Waals surface area contributed by atoms with Crippen LogP contribution in [0.4, 0.5) is 11.5 Å². The second kappa shape index (κ2) is 9.82. The molecule has 1 saturated heterocycles. The normalized spacial score (nSPS) is 14.4. The topological polar surface area (TPSA) is 108 Å². The summed E-state index contributed by atoms with van der Waals surface area (Å²) in [6.45, 7) is 3.37. The van der Waals surface area contributed by atoms with Gasteiger partial charge in [-0.2, -0.15) is 0 Å². The summed E-state index contributed by atoms with van der Waals surface area (Å²) in [7, 11) is -3.75. The first-order valence-corrected chi connectivity index (χ1v) is 11.4. The molecule has 30 heavy (non-hydrogen) atoms. The molecule has 1 amide bonds. The standard InChI is InChI=1S/C21H26N4O4S/c1-16(26)17-5-8-19(9-6-17)30(28,29)23-12-11-21(27)24-18-7-10-20(22-15-18)25-13-3-2-4-14-25/h5-10,15,23H,2-4,11-14H2,1H3,(H,24,27). The fraction of sp³-hybridized carbons (Fsp3) is 0.381. The average Bonchev–Trinajstić information content (AvgIpc) is 2.75. The van der Waals surface area contributed by atoms with Gasteiger partial charge in [-0.1, -0.05) is 12.1 Å². The van der Waals surface area contributed by atoms with E-state index in [-0.39, 0.29) is 29.6 Å². The zero-order chi connectivity index (χ0) is 21.6. The molecule has 8 nitrogen and oxygen atoms in total. The third kappa shape index (κ3) is 5.87. The van der Waals surface area contributed by atoms with E-state index in [9.17, 15) is 18.0 Å². The van der Waals surface area contributed by atoms with E-state index in [1.165, 1.54) is 37.6 Å². The summed E-state index contributed by atoms with van der Waals surface area (Å²) in [6, 6.07) is 9.35. The molecule has 3 rings (SSSR count). The number of nitrogens with one attached hydrogen (secondary N) is 2. The number of nitrogens with zero attached hydrogens (tertiary/aromatic N) is 2. The molecule has 0 spiro atoms. The first-order chi connectivity index (χ1) is 14.3. The number of anilines is 2.